The number of aliphatic carboxylic acids is 2. The molecule has 16 heavy (non-hydrogen) atoms. The Morgan fingerprint density at radius 2 is 2.00 bits per heavy atom. The van der Waals surface area contributed by atoms with Gasteiger partial charge in [-0.2, -0.15) is 0 Å². The summed E-state index contributed by atoms with van der Waals surface area (Å²) in [7, 11) is 0. The fraction of sp³-hybridized carbons (Fsp3) is 0.200. The molecule has 0 aromatic heterocycles. The molecule has 0 radical (unpaired) electrons. The van der Waals surface area contributed by atoms with Crippen molar-refractivity contribution in [2.75, 3.05) is 0 Å². The Bertz CT molecular complexity index is 433. The molecule has 0 bridgehead atoms. The first kappa shape index (κ1) is 12.6. The number of rotatable bonds is 4. The van der Waals surface area contributed by atoms with Crippen molar-refractivity contribution < 1.29 is 24.2 Å². The third kappa shape index (κ3) is 3.03. The second-order valence-corrected chi connectivity index (χ2v) is 4.02. The third-order valence-corrected chi connectivity index (χ3v) is 2.67. The number of hydrogen-bond donors (Lipinski definition) is 2. The van der Waals surface area contributed by atoms with Gasteiger partial charge in [0.1, 0.15) is 5.82 Å². The van der Waals surface area contributed by atoms with Crippen molar-refractivity contribution in [2.45, 2.75) is 12.3 Å². The molecule has 1 atom stereocenters. The Hall–Kier alpha value is -1.43. The van der Waals surface area contributed by atoms with Gasteiger partial charge in [-0.05, 0) is 33.6 Å². The summed E-state index contributed by atoms with van der Waals surface area (Å²) in [5.74, 6) is -4.38. The van der Waals surface area contributed by atoms with Crippen LogP contribution in [-0.4, -0.2) is 22.2 Å². The molecule has 1 rings (SSSR count). The van der Waals surface area contributed by atoms with Gasteiger partial charge in [-0.25, -0.2) is 4.39 Å². The van der Waals surface area contributed by atoms with Crippen molar-refractivity contribution in [3.05, 3.63) is 34.1 Å². The van der Waals surface area contributed by atoms with E-state index >= 15 is 0 Å². The average molecular weight is 291 g/mol. The predicted octanol–water partition coefficient (Wildman–Crippen LogP) is 2.23. The fourth-order valence-corrected chi connectivity index (χ4v) is 1.50. The second-order valence-electron chi connectivity index (χ2n) is 3.16. The first-order valence-electron chi connectivity index (χ1n) is 4.31. The van der Waals surface area contributed by atoms with E-state index in [2.05, 4.69) is 15.9 Å². The molecule has 0 saturated carbocycles. The molecule has 6 heteroatoms. The first-order valence-corrected chi connectivity index (χ1v) is 5.10. The monoisotopic (exact) mass is 290 g/mol. The van der Waals surface area contributed by atoms with Crippen molar-refractivity contribution in [1.29, 1.82) is 0 Å². The Morgan fingerprint density at radius 1 is 1.38 bits per heavy atom. The van der Waals surface area contributed by atoms with Gasteiger partial charge in [0.25, 0.3) is 0 Å². The summed E-state index contributed by atoms with van der Waals surface area (Å²) < 4.78 is 13.4. The molecule has 0 heterocycles. The van der Waals surface area contributed by atoms with Crippen molar-refractivity contribution in [3.8, 4) is 0 Å². The van der Waals surface area contributed by atoms with Crippen molar-refractivity contribution in [3.63, 3.8) is 0 Å². The molecule has 0 aliphatic rings. The van der Waals surface area contributed by atoms with E-state index in [1.54, 1.807) is 0 Å². The SMILES string of the molecule is O=C(O)CC(C(=O)O)c1ccc(Br)c(F)c1. The maximum Gasteiger partial charge on any atom is 0.311 e. The summed E-state index contributed by atoms with van der Waals surface area (Å²) in [6.45, 7) is 0. The highest BCUT2D eigenvalue weighted by Gasteiger charge is 2.23. The van der Waals surface area contributed by atoms with Crippen LogP contribution in [0.4, 0.5) is 4.39 Å². The fourth-order valence-electron chi connectivity index (χ4n) is 1.25. The van der Waals surface area contributed by atoms with Gasteiger partial charge >= 0.3 is 11.9 Å². The Balaban J connectivity index is 3.06. The molecule has 1 aromatic carbocycles. The van der Waals surface area contributed by atoms with Crippen molar-refractivity contribution in [1.82, 2.24) is 0 Å². The minimum Gasteiger partial charge on any atom is -0.481 e. The minimum atomic E-state index is -1.29. The van der Waals surface area contributed by atoms with Crippen LogP contribution in [0.2, 0.25) is 0 Å². The zero-order valence-electron chi connectivity index (χ0n) is 7.98. The van der Waals surface area contributed by atoms with Crippen molar-refractivity contribution in [2.24, 2.45) is 0 Å². The first-order chi connectivity index (χ1) is 7.41. The van der Waals surface area contributed by atoms with E-state index in [1.807, 2.05) is 0 Å². The van der Waals surface area contributed by atoms with E-state index in [-0.39, 0.29) is 10.0 Å². The highest BCUT2D eigenvalue weighted by atomic mass is 79.9. The smallest absolute Gasteiger partial charge is 0.311 e. The van der Waals surface area contributed by atoms with E-state index in [1.165, 1.54) is 12.1 Å². The minimum absolute atomic E-state index is 0.135. The van der Waals surface area contributed by atoms with Gasteiger partial charge in [0.15, 0.2) is 0 Å². The van der Waals surface area contributed by atoms with Crippen LogP contribution < -0.4 is 0 Å². The molecule has 1 unspecified atom stereocenters. The second kappa shape index (κ2) is 5.07. The van der Waals surface area contributed by atoms with Gasteiger partial charge in [-0.1, -0.05) is 6.07 Å². The Morgan fingerprint density at radius 3 is 2.44 bits per heavy atom. The summed E-state index contributed by atoms with van der Waals surface area (Å²) in [4.78, 5) is 21.3. The zero-order chi connectivity index (χ0) is 12.3. The third-order valence-electron chi connectivity index (χ3n) is 2.02. The number of carboxylic acids is 2. The lowest BCUT2D eigenvalue weighted by molar-refractivity contribution is -0.145. The molecule has 1 aromatic rings. The molecule has 4 nitrogen and oxygen atoms in total. The van der Waals surface area contributed by atoms with E-state index in [0.29, 0.717) is 0 Å². The highest BCUT2D eigenvalue weighted by Crippen LogP contribution is 2.24. The number of hydrogen-bond acceptors (Lipinski definition) is 2. The van der Waals surface area contributed by atoms with Gasteiger partial charge in [-0.15, -0.1) is 0 Å². The lowest BCUT2D eigenvalue weighted by atomic mass is 9.96. The molecule has 86 valence electrons. The molecule has 0 saturated heterocycles. The molecular weight excluding hydrogens is 283 g/mol. The van der Waals surface area contributed by atoms with E-state index in [4.69, 9.17) is 10.2 Å². The molecule has 0 aliphatic carbocycles. The van der Waals surface area contributed by atoms with Gasteiger partial charge in [0.05, 0.1) is 16.8 Å². The molecule has 0 spiro atoms. The van der Waals surface area contributed by atoms with Crippen LogP contribution in [0.1, 0.15) is 17.9 Å². The van der Waals surface area contributed by atoms with Crippen LogP contribution in [0.3, 0.4) is 0 Å². The number of halogens is 2. The van der Waals surface area contributed by atoms with Gasteiger partial charge in [-0.3, -0.25) is 9.59 Å². The molecule has 0 aliphatic heterocycles. The maximum atomic E-state index is 13.2. The molecule has 2 N–H and O–H groups in total. The zero-order valence-corrected chi connectivity index (χ0v) is 9.57. The van der Waals surface area contributed by atoms with Crippen LogP contribution in [0.25, 0.3) is 0 Å². The number of benzene rings is 1. The lowest BCUT2D eigenvalue weighted by Gasteiger charge is -2.10. The topological polar surface area (TPSA) is 74.6 Å². The van der Waals surface area contributed by atoms with E-state index < -0.39 is 30.1 Å². The van der Waals surface area contributed by atoms with Crippen LogP contribution in [0.5, 0.6) is 0 Å². The highest BCUT2D eigenvalue weighted by molar-refractivity contribution is 9.10. The maximum absolute atomic E-state index is 13.2. The summed E-state index contributed by atoms with van der Waals surface area (Å²) in [6, 6.07) is 3.75. The van der Waals surface area contributed by atoms with Gasteiger partial charge in [0, 0.05) is 0 Å². The Kier molecular flexibility index (Phi) is 4.00. The molecule has 0 amide bonds. The van der Waals surface area contributed by atoms with Crippen molar-refractivity contribution >= 4 is 27.9 Å². The normalized spacial score (nSPS) is 12.1. The van der Waals surface area contributed by atoms with Gasteiger partial charge in [0.2, 0.25) is 0 Å². The van der Waals surface area contributed by atoms with Crippen LogP contribution in [0, 0.1) is 5.82 Å². The molecule has 0 fully saturated rings. The van der Waals surface area contributed by atoms with Crippen LogP contribution in [0.15, 0.2) is 22.7 Å². The largest absolute Gasteiger partial charge is 0.481 e. The average Bonchev–Trinajstić information content (AvgIpc) is 2.18. The van der Waals surface area contributed by atoms with E-state index in [9.17, 15) is 14.0 Å². The van der Waals surface area contributed by atoms with Crippen LogP contribution >= 0.6 is 15.9 Å². The number of carbonyl (C=O) groups is 2. The molecular formula is C10H8BrFO4. The predicted molar refractivity (Wildman–Crippen MR) is 56.7 cm³/mol. The van der Waals surface area contributed by atoms with Crippen LogP contribution in [-0.2, 0) is 9.59 Å². The number of carboxylic acid groups (broad SMARTS) is 2. The standard InChI is InChI=1S/C10H8BrFO4/c11-7-2-1-5(3-8(7)12)6(10(15)16)4-9(13)14/h1-3,6H,4H2,(H,13,14)(H,15,16). The quantitative estimate of drug-likeness (QED) is 0.892. The Labute approximate surface area is 98.8 Å². The summed E-state index contributed by atoms with van der Waals surface area (Å²) >= 11 is 2.93. The summed E-state index contributed by atoms with van der Waals surface area (Å²) in [5.41, 5.74) is 0.135. The van der Waals surface area contributed by atoms with E-state index in [0.717, 1.165) is 6.07 Å². The summed E-state index contributed by atoms with van der Waals surface area (Å²) in [6.07, 6.45) is -0.573. The van der Waals surface area contributed by atoms with Gasteiger partial charge < -0.3 is 10.2 Å². The lowest BCUT2D eigenvalue weighted by Crippen LogP contribution is -2.16. The summed E-state index contributed by atoms with van der Waals surface area (Å²) in [5, 5.41) is 17.4.